The van der Waals surface area contributed by atoms with Gasteiger partial charge in [0, 0.05) is 22.0 Å². The molecule has 7 heteroatoms. The zero-order valence-corrected chi connectivity index (χ0v) is 15.0. The second kappa shape index (κ2) is 7.61. The van der Waals surface area contributed by atoms with Gasteiger partial charge in [-0.1, -0.05) is 23.2 Å². The average molecular weight is 386 g/mol. The summed E-state index contributed by atoms with van der Waals surface area (Å²) in [5.41, 5.74) is 3.43. The first-order valence-corrected chi connectivity index (χ1v) is 8.49. The van der Waals surface area contributed by atoms with Gasteiger partial charge < -0.3 is 5.11 Å². The van der Waals surface area contributed by atoms with Crippen LogP contribution in [0.1, 0.15) is 17.7 Å². The summed E-state index contributed by atoms with van der Waals surface area (Å²) in [6.45, 7) is 0. The molecule has 0 unspecified atom stereocenters. The Bertz CT molecular complexity index is 984. The highest BCUT2D eigenvalue weighted by atomic mass is 35.5. The Kier molecular flexibility index (Phi) is 5.27. The Balaban J connectivity index is 2.10. The van der Waals surface area contributed by atoms with Gasteiger partial charge in [-0.25, -0.2) is 4.68 Å². The number of aromatic nitrogens is 2. The predicted molar refractivity (Wildman–Crippen MR) is 99.7 cm³/mol. The summed E-state index contributed by atoms with van der Waals surface area (Å²) in [6.07, 6.45) is 0.292. The number of carboxylic acids is 1. The molecule has 0 spiro atoms. The monoisotopic (exact) mass is 385 g/mol. The van der Waals surface area contributed by atoms with E-state index in [-0.39, 0.29) is 6.42 Å². The summed E-state index contributed by atoms with van der Waals surface area (Å²) in [6, 6.07) is 16.0. The third-order valence-corrected chi connectivity index (χ3v) is 4.19. The third-order valence-electron chi connectivity index (χ3n) is 3.75. The zero-order valence-electron chi connectivity index (χ0n) is 13.5. The normalized spacial score (nSPS) is 10.5. The van der Waals surface area contributed by atoms with Gasteiger partial charge in [0.05, 0.1) is 35.1 Å². The Morgan fingerprint density at radius 3 is 2.35 bits per heavy atom. The second-order valence-electron chi connectivity index (χ2n) is 5.64. The molecule has 1 aromatic heterocycles. The van der Waals surface area contributed by atoms with Crippen LogP contribution in [0.15, 0.2) is 48.5 Å². The summed E-state index contributed by atoms with van der Waals surface area (Å²) in [5, 5.41) is 23.4. The molecule has 1 N–H and O–H groups in total. The number of aryl methyl sites for hydroxylation is 1. The van der Waals surface area contributed by atoms with Crippen molar-refractivity contribution in [1.82, 2.24) is 9.78 Å². The van der Waals surface area contributed by atoms with Crippen molar-refractivity contribution in [1.29, 1.82) is 5.26 Å². The van der Waals surface area contributed by atoms with Crippen LogP contribution >= 0.6 is 23.2 Å². The number of nitriles is 1. The van der Waals surface area contributed by atoms with Crippen molar-refractivity contribution in [2.45, 2.75) is 12.8 Å². The van der Waals surface area contributed by atoms with E-state index in [0.717, 1.165) is 16.9 Å². The highest BCUT2D eigenvalue weighted by Gasteiger charge is 2.14. The summed E-state index contributed by atoms with van der Waals surface area (Å²) >= 11 is 12.2. The molecule has 3 aromatic rings. The van der Waals surface area contributed by atoms with Gasteiger partial charge >= 0.3 is 5.97 Å². The molecular weight excluding hydrogens is 373 g/mol. The maximum absolute atomic E-state index is 10.9. The Hall–Kier alpha value is -2.81. The van der Waals surface area contributed by atoms with Gasteiger partial charge in [0.2, 0.25) is 0 Å². The van der Waals surface area contributed by atoms with Gasteiger partial charge in [0.1, 0.15) is 0 Å². The Morgan fingerprint density at radius 2 is 1.77 bits per heavy atom. The first-order chi connectivity index (χ1) is 12.5. The standard InChI is InChI=1S/C19H13Cl2N3O2/c20-14-7-13(8-15(21)9-14)18-10-16(3-6-19(25)26)23-24(18)17-4-1-12(11-22)2-5-17/h1-2,4-5,7-10H,3,6H2,(H,25,26). The first kappa shape index (κ1) is 18.0. The minimum Gasteiger partial charge on any atom is -0.481 e. The topological polar surface area (TPSA) is 78.9 Å². The fourth-order valence-corrected chi connectivity index (χ4v) is 3.09. The molecule has 0 aliphatic heterocycles. The molecule has 0 radical (unpaired) electrons. The molecule has 1 heterocycles. The van der Waals surface area contributed by atoms with Crippen LogP contribution in [0.25, 0.3) is 16.9 Å². The lowest BCUT2D eigenvalue weighted by Gasteiger charge is -2.08. The molecule has 130 valence electrons. The molecule has 0 bridgehead atoms. The lowest BCUT2D eigenvalue weighted by molar-refractivity contribution is -0.136. The fraction of sp³-hybridized carbons (Fsp3) is 0.105. The molecule has 26 heavy (non-hydrogen) atoms. The van der Waals surface area contributed by atoms with E-state index >= 15 is 0 Å². The number of aliphatic carboxylic acids is 1. The SMILES string of the molecule is N#Cc1ccc(-n2nc(CCC(=O)O)cc2-c2cc(Cl)cc(Cl)c2)cc1. The number of hydrogen-bond donors (Lipinski definition) is 1. The molecule has 0 saturated carbocycles. The molecule has 0 aliphatic carbocycles. The Labute approximate surface area is 160 Å². The Morgan fingerprint density at radius 1 is 1.12 bits per heavy atom. The third kappa shape index (κ3) is 4.05. The van der Waals surface area contributed by atoms with Crippen LogP contribution in [0.2, 0.25) is 10.0 Å². The van der Waals surface area contributed by atoms with Gasteiger partial charge in [-0.05, 0) is 48.5 Å². The molecule has 0 saturated heterocycles. The fourth-order valence-electron chi connectivity index (χ4n) is 2.57. The van der Waals surface area contributed by atoms with Crippen LogP contribution in [0.5, 0.6) is 0 Å². The van der Waals surface area contributed by atoms with Crippen LogP contribution in [0.4, 0.5) is 0 Å². The van der Waals surface area contributed by atoms with Gasteiger partial charge in [0.25, 0.3) is 0 Å². The smallest absolute Gasteiger partial charge is 0.303 e. The van der Waals surface area contributed by atoms with Gasteiger partial charge in [-0.3, -0.25) is 4.79 Å². The van der Waals surface area contributed by atoms with Crippen molar-refractivity contribution in [3.8, 4) is 23.0 Å². The molecule has 0 aliphatic rings. The van der Waals surface area contributed by atoms with Crippen molar-refractivity contribution < 1.29 is 9.90 Å². The summed E-state index contributed by atoms with van der Waals surface area (Å²) in [4.78, 5) is 10.9. The molecule has 0 atom stereocenters. The molecule has 0 amide bonds. The number of halogens is 2. The molecule has 2 aromatic carbocycles. The number of nitrogens with zero attached hydrogens (tertiary/aromatic N) is 3. The zero-order chi connectivity index (χ0) is 18.7. The minimum absolute atomic E-state index is 0.0138. The number of carbonyl (C=O) groups is 1. The van der Waals surface area contributed by atoms with E-state index in [1.807, 2.05) is 6.07 Å². The van der Waals surface area contributed by atoms with Crippen LogP contribution < -0.4 is 0 Å². The highest BCUT2D eigenvalue weighted by molar-refractivity contribution is 6.35. The highest BCUT2D eigenvalue weighted by Crippen LogP contribution is 2.30. The summed E-state index contributed by atoms with van der Waals surface area (Å²) in [5.74, 6) is -0.884. The minimum atomic E-state index is -0.884. The van der Waals surface area contributed by atoms with Crippen LogP contribution in [-0.4, -0.2) is 20.9 Å². The van der Waals surface area contributed by atoms with Crippen molar-refractivity contribution in [3.63, 3.8) is 0 Å². The summed E-state index contributed by atoms with van der Waals surface area (Å²) < 4.78 is 1.69. The van der Waals surface area contributed by atoms with Crippen LogP contribution in [0.3, 0.4) is 0 Å². The number of benzene rings is 2. The van der Waals surface area contributed by atoms with E-state index < -0.39 is 5.97 Å². The number of carboxylic acid groups (broad SMARTS) is 1. The van der Waals surface area contributed by atoms with Gasteiger partial charge in [0.15, 0.2) is 0 Å². The van der Waals surface area contributed by atoms with E-state index in [1.165, 1.54) is 0 Å². The largest absolute Gasteiger partial charge is 0.481 e. The number of rotatable bonds is 5. The van der Waals surface area contributed by atoms with Crippen LogP contribution in [-0.2, 0) is 11.2 Å². The maximum Gasteiger partial charge on any atom is 0.303 e. The van der Waals surface area contributed by atoms with E-state index in [9.17, 15) is 4.79 Å². The number of hydrogen-bond acceptors (Lipinski definition) is 3. The van der Waals surface area contributed by atoms with Gasteiger partial charge in [-0.2, -0.15) is 10.4 Å². The van der Waals surface area contributed by atoms with Crippen molar-refractivity contribution in [2.24, 2.45) is 0 Å². The van der Waals surface area contributed by atoms with Crippen molar-refractivity contribution >= 4 is 29.2 Å². The van der Waals surface area contributed by atoms with Gasteiger partial charge in [-0.15, -0.1) is 0 Å². The quantitative estimate of drug-likeness (QED) is 0.687. The van der Waals surface area contributed by atoms with E-state index in [2.05, 4.69) is 11.2 Å². The summed E-state index contributed by atoms with van der Waals surface area (Å²) in [7, 11) is 0. The van der Waals surface area contributed by atoms with Crippen molar-refractivity contribution in [3.05, 3.63) is 69.8 Å². The van der Waals surface area contributed by atoms with E-state index in [0.29, 0.717) is 27.7 Å². The van der Waals surface area contributed by atoms with Crippen LogP contribution in [0, 0.1) is 11.3 Å². The first-order valence-electron chi connectivity index (χ1n) is 7.74. The predicted octanol–water partition coefficient (Wildman–Crippen LogP) is 4.73. The van der Waals surface area contributed by atoms with E-state index in [1.54, 1.807) is 47.1 Å². The van der Waals surface area contributed by atoms with Crippen molar-refractivity contribution in [2.75, 3.05) is 0 Å². The molecule has 3 rings (SSSR count). The lowest BCUT2D eigenvalue weighted by atomic mass is 10.1. The molecule has 5 nitrogen and oxygen atoms in total. The lowest BCUT2D eigenvalue weighted by Crippen LogP contribution is -2.01. The average Bonchev–Trinajstić information content (AvgIpc) is 3.03. The molecule has 0 fully saturated rings. The second-order valence-corrected chi connectivity index (χ2v) is 6.52. The van der Waals surface area contributed by atoms with E-state index in [4.69, 9.17) is 33.6 Å². The maximum atomic E-state index is 10.9. The molecular formula is C19H13Cl2N3O2.